The van der Waals surface area contributed by atoms with Gasteiger partial charge < -0.3 is 0 Å². The highest BCUT2D eigenvalue weighted by atomic mass is 32.2. The van der Waals surface area contributed by atoms with E-state index >= 15 is 0 Å². The number of rotatable bonds is 6. The molecule has 4 nitrogen and oxygen atoms in total. The molecule has 0 aliphatic carbocycles. The topological polar surface area (TPSA) is 54.5 Å². The lowest BCUT2D eigenvalue weighted by Gasteiger charge is -2.13. The van der Waals surface area contributed by atoms with E-state index in [2.05, 4.69) is 32.1 Å². The highest BCUT2D eigenvalue weighted by Crippen LogP contribution is 2.23. The highest BCUT2D eigenvalue weighted by Gasteiger charge is 2.34. The molecule has 3 aromatic carbocycles. The van der Waals surface area contributed by atoms with E-state index in [0.29, 0.717) is 16.0 Å². The Hall–Kier alpha value is -3.31. The normalized spacial score (nSPS) is 14.3. The first-order valence-electron chi connectivity index (χ1n) is 10.1. The Morgan fingerprint density at radius 3 is 2.06 bits per heavy atom. The number of benzene rings is 3. The molecule has 3 aromatic rings. The van der Waals surface area contributed by atoms with Gasteiger partial charge in [-0.2, -0.15) is 0 Å². The second-order valence-corrected chi connectivity index (χ2v) is 9.14. The lowest BCUT2D eigenvalue weighted by Crippen LogP contribution is -2.33. The fourth-order valence-corrected chi connectivity index (χ4v) is 4.85. The van der Waals surface area contributed by atoms with Crippen LogP contribution in [0, 0.1) is 13.8 Å². The predicted molar refractivity (Wildman–Crippen MR) is 124 cm³/mol. The molecule has 0 N–H and O–H groups in total. The van der Waals surface area contributed by atoms with Gasteiger partial charge in [0.15, 0.2) is 0 Å². The molecule has 5 heteroatoms. The van der Waals surface area contributed by atoms with E-state index in [0.717, 1.165) is 5.56 Å². The van der Waals surface area contributed by atoms with E-state index in [9.17, 15) is 13.8 Å². The first-order chi connectivity index (χ1) is 15.0. The van der Waals surface area contributed by atoms with Crippen molar-refractivity contribution in [2.45, 2.75) is 18.7 Å². The fourth-order valence-electron chi connectivity index (χ4n) is 3.76. The largest absolute Gasteiger partial charge is 0.273 e. The molecule has 0 fully saturated rings. The van der Waals surface area contributed by atoms with Gasteiger partial charge in [0.25, 0.3) is 11.8 Å². The van der Waals surface area contributed by atoms with Crippen molar-refractivity contribution in [2.24, 2.45) is 0 Å². The smallest absolute Gasteiger partial charge is 0.261 e. The van der Waals surface area contributed by atoms with Crippen molar-refractivity contribution in [1.29, 1.82) is 0 Å². The maximum absolute atomic E-state index is 12.9. The number of carbonyl (C=O) groups is 2. The van der Waals surface area contributed by atoms with Gasteiger partial charge in [0, 0.05) is 17.2 Å². The molecule has 0 saturated carbocycles. The number of amides is 2. The summed E-state index contributed by atoms with van der Waals surface area (Å²) in [5.74, 6) is -0.430. The van der Waals surface area contributed by atoms with E-state index in [4.69, 9.17) is 0 Å². The summed E-state index contributed by atoms with van der Waals surface area (Å²) >= 11 is 0. The average Bonchev–Trinajstić information content (AvgIpc) is 3.02. The third-order valence-corrected chi connectivity index (χ3v) is 6.82. The second-order valence-electron chi connectivity index (χ2n) is 7.57. The lowest BCUT2D eigenvalue weighted by atomic mass is 10.0. The van der Waals surface area contributed by atoms with Gasteiger partial charge in [0.1, 0.15) is 0 Å². The number of imide groups is 1. The summed E-state index contributed by atoms with van der Waals surface area (Å²) in [4.78, 5) is 26.8. The van der Waals surface area contributed by atoms with Crippen molar-refractivity contribution in [3.05, 3.63) is 100 Å². The van der Waals surface area contributed by atoms with Gasteiger partial charge in [-0.15, -0.1) is 0 Å². The maximum Gasteiger partial charge on any atom is 0.261 e. The van der Waals surface area contributed by atoms with Crippen LogP contribution in [-0.4, -0.2) is 33.2 Å². The minimum absolute atomic E-state index is 0.126. The van der Waals surface area contributed by atoms with Crippen LogP contribution in [0.4, 0.5) is 0 Å². The number of nitrogens with zero attached hydrogens (tertiary/aromatic N) is 1. The van der Waals surface area contributed by atoms with Gasteiger partial charge in [-0.05, 0) is 60.4 Å². The first kappa shape index (κ1) is 20.9. The van der Waals surface area contributed by atoms with E-state index in [-0.39, 0.29) is 24.1 Å². The van der Waals surface area contributed by atoms with Crippen molar-refractivity contribution in [1.82, 2.24) is 4.90 Å². The van der Waals surface area contributed by atoms with Crippen molar-refractivity contribution in [2.75, 3.05) is 12.3 Å². The van der Waals surface area contributed by atoms with Crippen molar-refractivity contribution in [3.63, 3.8) is 0 Å². The van der Waals surface area contributed by atoms with Gasteiger partial charge in [0.2, 0.25) is 0 Å². The van der Waals surface area contributed by atoms with Crippen LogP contribution in [-0.2, 0) is 10.8 Å². The summed E-state index contributed by atoms with van der Waals surface area (Å²) < 4.78 is 12.9. The minimum Gasteiger partial charge on any atom is -0.273 e. The third-order valence-electron chi connectivity index (χ3n) is 5.48. The van der Waals surface area contributed by atoms with E-state index in [1.807, 2.05) is 36.4 Å². The molecule has 1 unspecified atom stereocenters. The quantitative estimate of drug-likeness (QED) is 0.415. The standard InChI is InChI=1S/C26H23NO3S/c1-18-7-5-8-19(2)22(18)14-13-20-9-6-10-21(17-20)31(30)16-15-27-25(28)23-11-3-4-12-24(23)26(27)29/h3-14,17H,15-16H2,1-2H3. The second kappa shape index (κ2) is 8.82. The summed E-state index contributed by atoms with van der Waals surface area (Å²) in [7, 11) is -1.32. The van der Waals surface area contributed by atoms with E-state index in [1.54, 1.807) is 24.3 Å². The monoisotopic (exact) mass is 429 g/mol. The molecule has 0 bridgehead atoms. The average molecular weight is 430 g/mol. The number of carbonyl (C=O) groups excluding carboxylic acids is 2. The van der Waals surface area contributed by atoms with E-state index in [1.165, 1.54) is 21.6 Å². The Labute approximate surface area is 184 Å². The van der Waals surface area contributed by atoms with Crippen molar-refractivity contribution < 1.29 is 13.8 Å². The molecule has 0 spiro atoms. The highest BCUT2D eigenvalue weighted by molar-refractivity contribution is 7.85. The van der Waals surface area contributed by atoms with Crippen LogP contribution >= 0.6 is 0 Å². The zero-order chi connectivity index (χ0) is 22.0. The van der Waals surface area contributed by atoms with Crippen LogP contribution in [0.5, 0.6) is 0 Å². The number of hydrogen-bond acceptors (Lipinski definition) is 3. The summed E-state index contributed by atoms with van der Waals surface area (Å²) in [5.41, 5.74) is 5.37. The Morgan fingerprint density at radius 2 is 1.42 bits per heavy atom. The number of hydrogen-bond donors (Lipinski definition) is 0. The number of fused-ring (bicyclic) bond motifs is 1. The van der Waals surface area contributed by atoms with Crippen molar-refractivity contribution >= 4 is 34.8 Å². The molecule has 4 rings (SSSR count). The Kier molecular flexibility index (Phi) is 5.96. The van der Waals surface area contributed by atoms with Crippen LogP contribution in [0.3, 0.4) is 0 Å². The number of aryl methyl sites for hydroxylation is 2. The molecule has 0 radical (unpaired) electrons. The molecule has 1 aliphatic rings. The Bertz CT molecular complexity index is 1170. The molecular weight excluding hydrogens is 406 g/mol. The molecule has 0 saturated heterocycles. The van der Waals surface area contributed by atoms with Gasteiger partial charge in [0.05, 0.1) is 21.9 Å². The molecule has 2 amide bonds. The van der Waals surface area contributed by atoms with Gasteiger partial charge in [-0.25, -0.2) is 0 Å². The lowest BCUT2D eigenvalue weighted by molar-refractivity contribution is 0.0664. The maximum atomic E-state index is 12.9. The van der Waals surface area contributed by atoms with Gasteiger partial charge in [-0.3, -0.25) is 18.7 Å². The molecule has 31 heavy (non-hydrogen) atoms. The Morgan fingerprint density at radius 1 is 0.806 bits per heavy atom. The van der Waals surface area contributed by atoms with Crippen LogP contribution in [0.1, 0.15) is 43.0 Å². The Balaban J connectivity index is 1.45. The zero-order valence-electron chi connectivity index (χ0n) is 17.5. The van der Waals surface area contributed by atoms with Crippen LogP contribution in [0.15, 0.2) is 71.6 Å². The van der Waals surface area contributed by atoms with Gasteiger partial charge >= 0.3 is 0 Å². The third kappa shape index (κ3) is 4.28. The van der Waals surface area contributed by atoms with Crippen LogP contribution in [0.2, 0.25) is 0 Å². The van der Waals surface area contributed by atoms with Crippen LogP contribution < -0.4 is 0 Å². The summed E-state index contributed by atoms with van der Waals surface area (Å²) in [6, 6.07) is 20.5. The predicted octanol–water partition coefficient (Wildman–Crippen LogP) is 4.88. The molecule has 1 heterocycles. The van der Waals surface area contributed by atoms with E-state index < -0.39 is 10.8 Å². The molecule has 1 atom stereocenters. The zero-order valence-corrected chi connectivity index (χ0v) is 18.3. The molecular formula is C26H23NO3S. The van der Waals surface area contributed by atoms with Crippen molar-refractivity contribution in [3.8, 4) is 0 Å². The molecule has 156 valence electrons. The van der Waals surface area contributed by atoms with Crippen LogP contribution in [0.25, 0.3) is 12.2 Å². The SMILES string of the molecule is Cc1cccc(C)c1C=Cc1cccc(S(=O)CCN2C(=O)c3ccccc3C2=O)c1. The minimum atomic E-state index is -1.32. The fraction of sp³-hybridized carbons (Fsp3) is 0.154. The summed E-state index contributed by atoms with van der Waals surface area (Å²) in [6.07, 6.45) is 4.09. The molecule has 1 aliphatic heterocycles. The first-order valence-corrected chi connectivity index (χ1v) is 11.5. The molecule has 0 aromatic heterocycles. The van der Waals surface area contributed by atoms with Gasteiger partial charge in [-0.1, -0.05) is 54.6 Å². The summed E-state index contributed by atoms with van der Waals surface area (Å²) in [5, 5.41) is 0. The summed E-state index contributed by atoms with van der Waals surface area (Å²) in [6.45, 7) is 4.29.